The van der Waals surface area contributed by atoms with E-state index in [9.17, 15) is 0 Å². The zero-order valence-corrected chi connectivity index (χ0v) is 9.84. The molecule has 1 saturated heterocycles. The predicted octanol–water partition coefficient (Wildman–Crippen LogP) is 2.87. The fourth-order valence-electron chi connectivity index (χ4n) is 2.21. The average molecular weight is 237 g/mol. The molecule has 1 aromatic carbocycles. The van der Waals surface area contributed by atoms with Gasteiger partial charge in [-0.1, -0.05) is 11.6 Å². The molecule has 16 heavy (non-hydrogen) atoms. The van der Waals surface area contributed by atoms with Gasteiger partial charge in [0.1, 0.15) is 5.52 Å². The minimum Gasteiger partial charge on any atom is -0.440 e. The summed E-state index contributed by atoms with van der Waals surface area (Å²) in [7, 11) is 0. The van der Waals surface area contributed by atoms with Crippen molar-refractivity contribution in [2.24, 2.45) is 0 Å². The first kappa shape index (κ1) is 10.1. The summed E-state index contributed by atoms with van der Waals surface area (Å²) in [6.45, 7) is 4.00. The van der Waals surface area contributed by atoms with Crippen molar-refractivity contribution in [1.82, 2.24) is 10.3 Å². The van der Waals surface area contributed by atoms with E-state index in [2.05, 4.69) is 10.3 Å². The van der Waals surface area contributed by atoms with Gasteiger partial charge in [-0.15, -0.1) is 0 Å². The van der Waals surface area contributed by atoms with Gasteiger partial charge in [-0.25, -0.2) is 4.98 Å². The van der Waals surface area contributed by atoms with Crippen LogP contribution in [0.3, 0.4) is 0 Å². The van der Waals surface area contributed by atoms with Gasteiger partial charge in [-0.05, 0) is 37.6 Å². The van der Waals surface area contributed by atoms with E-state index in [4.69, 9.17) is 16.0 Å². The Kier molecular flexibility index (Phi) is 2.37. The minimum atomic E-state index is 0.408. The third kappa shape index (κ3) is 1.60. The second-order valence-corrected chi connectivity index (χ2v) is 4.75. The molecule has 4 heteroatoms. The maximum atomic E-state index is 6.00. The summed E-state index contributed by atoms with van der Waals surface area (Å²) in [5.74, 6) is 1.25. The fraction of sp³-hybridized carbons (Fsp3) is 0.417. The molecule has 1 atom stereocenters. The van der Waals surface area contributed by atoms with Crippen LogP contribution >= 0.6 is 11.6 Å². The van der Waals surface area contributed by atoms with E-state index in [1.807, 2.05) is 19.1 Å². The number of nitrogens with one attached hydrogen (secondary N) is 1. The lowest BCUT2D eigenvalue weighted by Crippen LogP contribution is -2.07. The van der Waals surface area contributed by atoms with Crippen molar-refractivity contribution < 1.29 is 4.42 Å². The van der Waals surface area contributed by atoms with E-state index < -0.39 is 0 Å². The molecular formula is C12H13ClN2O. The third-order valence-corrected chi connectivity index (χ3v) is 3.28. The van der Waals surface area contributed by atoms with E-state index in [0.717, 1.165) is 47.1 Å². The molecule has 1 aromatic heterocycles. The summed E-state index contributed by atoms with van der Waals surface area (Å²) in [6.07, 6.45) is 1.10. The third-order valence-electron chi connectivity index (χ3n) is 3.07. The molecule has 3 rings (SSSR count). The lowest BCUT2D eigenvalue weighted by molar-refractivity contribution is 0.484. The minimum absolute atomic E-state index is 0.408. The first-order chi connectivity index (χ1) is 7.74. The summed E-state index contributed by atoms with van der Waals surface area (Å²) in [6, 6.07) is 3.77. The van der Waals surface area contributed by atoms with Crippen LogP contribution in [-0.4, -0.2) is 18.1 Å². The van der Waals surface area contributed by atoms with Crippen LogP contribution < -0.4 is 5.32 Å². The van der Waals surface area contributed by atoms with Crippen LogP contribution in [0.4, 0.5) is 0 Å². The predicted molar refractivity (Wildman–Crippen MR) is 64.0 cm³/mol. The Morgan fingerprint density at radius 3 is 3.12 bits per heavy atom. The van der Waals surface area contributed by atoms with Gasteiger partial charge in [0.25, 0.3) is 0 Å². The van der Waals surface area contributed by atoms with Crippen LogP contribution in [0.25, 0.3) is 11.1 Å². The number of hydrogen-bond donors (Lipinski definition) is 1. The summed E-state index contributed by atoms with van der Waals surface area (Å²) < 4.78 is 5.83. The molecule has 2 heterocycles. The molecule has 0 spiro atoms. The van der Waals surface area contributed by atoms with Gasteiger partial charge in [-0.2, -0.15) is 0 Å². The monoisotopic (exact) mass is 236 g/mol. The van der Waals surface area contributed by atoms with Crippen molar-refractivity contribution in [2.45, 2.75) is 19.3 Å². The molecule has 0 bridgehead atoms. The van der Waals surface area contributed by atoms with Gasteiger partial charge >= 0.3 is 0 Å². The molecule has 0 amide bonds. The number of aromatic nitrogens is 1. The van der Waals surface area contributed by atoms with Gasteiger partial charge in [0.15, 0.2) is 11.5 Å². The highest BCUT2D eigenvalue weighted by atomic mass is 35.5. The van der Waals surface area contributed by atoms with Crippen LogP contribution in [-0.2, 0) is 0 Å². The quantitative estimate of drug-likeness (QED) is 0.828. The second-order valence-electron chi connectivity index (χ2n) is 4.31. The molecule has 1 aliphatic heterocycles. The van der Waals surface area contributed by atoms with Gasteiger partial charge in [0, 0.05) is 17.5 Å². The Labute approximate surface area is 98.8 Å². The highest BCUT2D eigenvalue weighted by Crippen LogP contribution is 2.29. The zero-order valence-electron chi connectivity index (χ0n) is 9.09. The lowest BCUT2D eigenvalue weighted by Gasteiger charge is -2.00. The highest BCUT2D eigenvalue weighted by Gasteiger charge is 2.22. The van der Waals surface area contributed by atoms with E-state index in [1.165, 1.54) is 0 Å². The van der Waals surface area contributed by atoms with E-state index in [-0.39, 0.29) is 0 Å². The standard InChI is InChI=1S/C12H13ClN2O/c1-7-4-9(13)5-10-11(7)16-12(15-10)8-2-3-14-6-8/h4-5,8,14H,2-3,6H2,1H3. The average Bonchev–Trinajstić information content (AvgIpc) is 2.82. The van der Waals surface area contributed by atoms with E-state index >= 15 is 0 Å². The largest absolute Gasteiger partial charge is 0.440 e. The summed E-state index contributed by atoms with van der Waals surface area (Å²) in [5.41, 5.74) is 2.78. The Balaban J connectivity index is 2.11. The van der Waals surface area contributed by atoms with Crippen LogP contribution in [0.5, 0.6) is 0 Å². The van der Waals surface area contributed by atoms with Gasteiger partial charge in [-0.3, -0.25) is 0 Å². The molecule has 84 valence electrons. The van der Waals surface area contributed by atoms with Gasteiger partial charge in [0.05, 0.1) is 0 Å². The number of halogens is 1. The molecule has 1 unspecified atom stereocenters. The van der Waals surface area contributed by atoms with Crippen LogP contribution in [0.2, 0.25) is 5.02 Å². The van der Waals surface area contributed by atoms with Gasteiger partial charge < -0.3 is 9.73 Å². The topological polar surface area (TPSA) is 38.1 Å². The molecule has 1 N–H and O–H groups in total. The normalized spacial score (nSPS) is 20.8. The van der Waals surface area contributed by atoms with Crippen LogP contribution in [0.1, 0.15) is 23.8 Å². The lowest BCUT2D eigenvalue weighted by atomic mass is 10.1. The van der Waals surface area contributed by atoms with Crippen molar-refractivity contribution in [1.29, 1.82) is 0 Å². The van der Waals surface area contributed by atoms with Crippen LogP contribution in [0, 0.1) is 6.92 Å². The Morgan fingerprint density at radius 1 is 1.50 bits per heavy atom. The smallest absolute Gasteiger partial charge is 0.199 e. The van der Waals surface area contributed by atoms with Crippen molar-refractivity contribution in [3.8, 4) is 0 Å². The van der Waals surface area contributed by atoms with E-state index in [0.29, 0.717) is 5.92 Å². The highest BCUT2D eigenvalue weighted by molar-refractivity contribution is 6.31. The number of aryl methyl sites for hydroxylation is 1. The van der Waals surface area contributed by atoms with Crippen molar-refractivity contribution >= 4 is 22.7 Å². The number of fused-ring (bicyclic) bond motifs is 1. The molecular weight excluding hydrogens is 224 g/mol. The summed E-state index contributed by atoms with van der Waals surface area (Å²) in [5, 5.41) is 4.03. The van der Waals surface area contributed by atoms with Gasteiger partial charge in [0.2, 0.25) is 0 Å². The van der Waals surface area contributed by atoms with Crippen molar-refractivity contribution in [3.63, 3.8) is 0 Å². The molecule has 1 fully saturated rings. The fourth-order valence-corrected chi connectivity index (χ4v) is 2.48. The Bertz CT molecular complexity index is 529. The van der Waals surface area contributed by atoms with Crippen LogP contribution in [0.15, 0.2) is 16.5 Å². The molecule has 0 radical (unpaired) electrons. The molecule has 0 saturated carbocycles. The number of rotatable bonds is 1. The SMILES string of the molecule is Cc1cc(Cl)cc2nc(C3CCNC3)oc12. The maximum absolute atomic E-state index is 6.00. The Hall–Kier alpha value is -1.06. The Morgan fingerprint density at radius 2 is 2.38 bits per heavy atom. The first-order valence-corrected chi connectivity index (χ1v) is 5.89. The number of nitrogens with zero attached hydrogens (tertiary/aromatic N) is 1. The molecule has 0 aliphatic carbocycles. The first-order valence-electron chi connectivity index (χ1n) is 5.51. The second kappa shape index (κ2) is 3.75. The number of benzene rings is 1. The summed E-state index contributed by atoms with van der Waals surface area (Å²) in [4.78, 5) is 4.53. The molecule has 1 aliphatic rings. The molecule has 2 aromatic rings. The zero-order chi connectivity index (χ0) is 11.1. The number of hydrogen-bond acceptors (Lipinski definition) is 3. The summed E-state index contributed by atoms with van der Waals surface area (Å²) >= 11 is 6.00. The van der Waals surface area contributed by atoms with Crippen molar-refractivity contribution in [2.75, 3.05) is 13.1 Å². The number of oxazole rings is 1. The molecule has 3 nitrogen and oxygen atoms in total. The van der Waals surface area contributed by atoms with Crippen molar-refractivity contribution in [3.05, 3.63) is 28.6 Å². The van der Waals surface area contributed by atoms with E-state index in [1.54, 1.807) is 0 Å². The maximum Gasteiger partial charge on any atom is 0.199 e.